The largest absolute Gasteiger partial charge is 0.455 e. The molecule has 0 saturated carbocycles. The van der Waals surface area contributed by atoms with Crippen molar-refractivity contribution in [2.24, 2.45) is 5.41 Å². The van der Waals surface area contributed by atoms with Gasteiger partial charge in [0.1, 0.15) is 12.0 Å². The first-order chi connectivity index (χ1) is 6.51. The summed E-state index contributed by atoms with van der Waals surface area (Å²) in [6, 6.07) is 0. The monoisotopic (exact) mass is 234 g/mol. The van der Waals surface area contributed by atoms with E-state index in [1.807, 2.05) is 6.26 Å². The Hall–Kier alpha value is -0.150. The molecule has 0 bridgehead atoms. The predicted octanol–water partition coefficient (Wildman–Crippen LogP) is 2.81. The maximum absolute atomic E-state index is 11.1. The molecule has 2 nitrogen and oxygen atoms in total. The lowest BCUT2D eigenvalue weighted by Gasteiger charge is -2.28. The van der Waals surface area contributed by atoms with Crippen molar-refractivity contribution in [2.45, 2.75) is 26.4 Å². The molecule has 0 N–H and O–H groups in total. The Labute approximate surface area is 94.0 Å². The molecule has 0 unspecified atom stereocenters. The Morgan fingerprint density at radius 3 is 2.93 bits per heavy atom. The van der Waals surface area contributed by atoms with Gasteiger partial charge in [0.05, 0.1) is 0 Å². The van der Waals surface area contributed by atoms with Gasteiger partial charge in [0, 0.05) is 10.3 Å². The predicted molar refractivity (Wildman–Crippen MR) is 60.6 cm³/mol. The first kappa shape index (κ1) is 11.9. The van der Waals surface area contributed by atoms with Crippen molar-refractivity contribution < 1.29 is 9.53 Å². The maximum atomic E-state index is 11.1. The van der Waals surface area contributed by atoms with Gasteiger partial charge in [0.25, 0.3) is 0 Å². The number of carbonyl (C=O) groups excluding carboxylic acids is 1. The summed E-state index contributed by atoms with van der Waals surface area (Å²) in [6.45, 7) is 4.19. The number of alkyl halides is 1. The van der Waals surface area contributed by atoms with E-state index in [1.165, 1.54) is 0 Å². The maximum Gasteiger partial charge on any atom is 0.321 e. The number of thioether (sulfide) groups is 1. The van der Waals surface area contributed by atoms with Crippen molar-refractivity contribution in [2.75, 3.05) is 12.1 Å². The van der Waals surface area contributed by atoms with Crippen LogP contribution in [-0.2, 0) is 9.53 Å². The summed E-state index contributed by atoms with van der Waals surface area (Å²) in [5.74, 6) is -0.416. The SMILES string of the molecule is CSC1=CCC(C)(C)[C@@H]1OC(=O)CCl. The Morgan fingerprint density at radius 2 is 2.43 bits per heavy atom. The second-order valence-corrected chi connectivity index (χ2v) is 5.15. The van der Waals surface area contributed by atoms with E-state index < -0.39 is 0 Å². The lowest BCUT2D eigenvalue weighted by atomic mass is 9.88. The number of hydrogen-bond acceptors (Lipinski definition) is 3. The molecule has 0 aromatic heterocycles. The molecule has 0 aromatic carbocycles. The molecule has 0 aliphatic heterocycles. The summed E-state index contributed by atoms with van der Waals surface area (Å²) in [4.78, 5) is 12.3. The van der Waals surface area contributed by atoms with Gasteiger partial charge in [0.15, 0.2) is 0 Å². The van der Waals surface area contributed by atoms with E-state index in [0.29, 0.717) is 0 Å². The van der Waals surface area contributed by atoms with Crippen molar-refractivity contribution in [1.82, 2.24) is 0 Å². The number of esters is 1. The summed E-state index contributed by atoms with van der Waals surface area (Å²) < 4.78 is 5.32. The van der Waals surface area contributed by atoms with E-state index in [0.717, 1.165) is 11.3 Å². The minimum atomic E-state index is -0.341. The Balaban J connectivity index is 2.71. The van der Waals surface area contributed by atoms with Gasteiger partial charge < -0.3 is 4.74 Å². The molecule has 80 valence electrons. The van der Waals surface area contributed by atoms with Crippen LogP contribution in [0.15, 0.2) is 11.0 Å². The second kappa shape index (κ2) is 4.58. The molecule has 14 heavy (non-hydrogen) atoms. The lowest BCUT2D eigenvalue weighted by Crippen LogP contribution is -2.31. The average Bonchev–Trinajstić information content (AvgIpc) is 2.42. The highest BCUT2D eigenvalue weighted by atomic mass is 35.5. The average molecular weight is 235 g/mol. The fraction of sp³-hybridized carbons (Fsp3) is 0.700. The fourth-order valence-electron chi connectivity index (χ4n) is 1.53. The summed E-state index contributed by atoms with van der Waals surface area (Å²) in [5.41, 5.74) is 0.0000617. The van der Waals surface area contributed by atoms with Crippen LogP contribution in [0.4, 0.5) is 0 Å². The van der Waals surface area contributed by atoms with Crippen molar-refractivity contribution in [3.8, 4) is 0 Å². The van der Waals surface area contributed by atoms with E-state index in [2.05, 4.69) is 19.9 Å². The molecule has 0 amide bonds. The highest BCUT2D eigenvalue weighted by molar-refractivity contribution is 8.02. The van der Waals surface area contributed by atoms with Crippen LogP contribution in [0.2, 0.25) is 0 Å². The van der Waals surface area contributed by atoms with Crippen LogP contribution in [0.25, 0.3) is 0 Å². The van der Waals surface area contributed by atoms with Gasteiger partial charge in [-0.2, -0.15) is 0 Å². The standard InChI is InChI=1S/C10H15ClO2S/c1-10(2)5-4-7(14-3)9(10)13-8(12)6-11/h4,9H,5-6H2,1-3H3/t9-/m1/s1. The van der Waals surface area contributed by atoms with Gasteiger partial charge in [-0.1, -0.05) is 19.9 Å². The van der Waals surface area contributed by atoms with E-state index in [1.54, 1.807) is 11.8 Å². The first-order valence-electron chi connectivity index (χ1n) is 4.50. The molecule has 0 aromatic rings. The smallest absolute Gasteiger partial charge is 0.321 e. The van der Waals surface area contributed by atoms with Crippen molar-refractivity contribution in [3.05, 3.63) is 11.0 Å². The van der Waals surface area contributed by atoms with Crippen LogP contribution in [0.5, 0.6) is 0 Å². The molecule has 4 heteroatoms. The summed E-state index contributed by atoms with van der Waals surface area (Å²) >= 11 is 7.05. The van der Waals surface area contributed by atoms with Crippen LogP contribution >= 0.6 is 23.4 Å². The van der Waals surface area contributed by atoms with E-state index in [9.17, 15) is 4.79 Å². The molecule has 0 heterocycles. The third kappa shape index (κ3) is 2.45. The molecular formula is C10H15ClO2S. The van der Waals surface area contributed by atoms with Crippen LogP contribution in [0, 0.1) is 5.41 Å². The number of halogens is 1. The number of carbonyl (C=O) groups is 1. The molecule has 1 aliphatic rings. The molecule has 1 atom stereocenters. The fourth-order valence-corrected chi connectivity index (χ4v) is 2.43. The highest BCUT2D eigenvalue weighted by Crippen LogP contribution is 2.42. The summed E-state index contributed by atoms with van der Waals surface area (Å²) in [5, 5.41) is 0. The lowest BCUT2D eigenvalue weighted by molar-refractivity contribution is -0.148. The van der Waals surface area contributed by atoms with Gasteiger partial charge >= 0.3 is 5.97 Å². The number of allylic oxidation sites excluding steroid dienone is 1. The van der Waals surface area contributed by atoms with Crippen LogP contribution < -0.4 is 0 Å². The molecule has 1 aliphatic carbocycles. The van der Waals surface area contributed by atoms with Gasteiger partial charge in [0.2, 0.25) is 0 Å². The Morgan fingerprint density at radius 1 is 1.79 bits per heavy atom. The number of hydrogen-bond donors (Lipinski definition) is 0. The topological polar surface area (TPSA) is 26.3 Å². The van der Waals surface area contributed by atoms with E-state index in [4.69, 9.17) is 16.3 Å². The molecule has 0 spiro atoms. The zero-order chi connectivity index (χ0) is 10.8. The van der Waals surface area contributed by atoms with Gasteiger partial charge in [-0.3, -0.25) is 4.79 Å². The quantitative estimate of drug-likeness (QED) is 0.555. The van der Waals surface area contributed by atoms with Gasteiger partial charge in [-0.25, -0.2) is 0 Å². The number of ether oxygens (including phenoxy) is 1. The Bertz CT molecular complexity index is 261. The first-order valence-corrected chi connectivity index (χ1v) is 6.26. The van der Waals surface area contributed by atoms with Crippen molar-refractivity contribution in [1.29, 1.82) is 0 Å². The minimum Gasteiger partial charge on any atom is -0.455 e. The summed E-state index contributed by atoms with van der Waals surface area (Å²) in [7, 11) is 0. The third-order valence-corrected chi connectivity index (χ3v) is 3.46. The summed E-state index contributed by atoms with van der Waals surface area (Å²) in [6.07, 6.45) is 4.96. The minimum absolute atomic E-state index is 0.0000617. The van der Waals surface area contributed by atoms with Crippen molar-refractivity contribution >= 4 is 29.3 Å². The Kier molecular flexibility index (Phi) is 3.90. The molecule has 0 fully saturated rings. The molecular weight excluding hydrogens is 220 g/mol. The second-order valence-electron chi connectivity index (χ2n) is 4.01. The third-order valence-electron chi connectivity index (χ3n) is 2.39. The van der Waals surface area contributed by atoms with Crippen LogP contribution in [0.1, 0.15) is 20.3 Å². The van der Waals surface area contributed by atoms with Crippen LogP contribution in [-0.4, -0.2) is 24.2 Å². The van der Waals surface area contributed by atoms with Gasteiger partial charge in [-0.05, 0) is 12.7 Å². The number of rotatable bonds is 3. The highest BCUT2D eigenvalue weighted by Gasteiger charge is 2.38. The normalized spacial score (nSPS) is 24.6. The van der Waals surface area contributed by atoms with E-state index >= 15 is 0 Å². The molecule has 0 radical (unpaired) electrons. The van der Waals surface area contributed by atoms with E-state index in [-0.39, 0.29) is 23.4 Å². The van der Waals surface area contributed by atoms with Crippen LogP contribution in [0.3, 0.4) is 0 Å². The zero-order valence-corrected chi connectivity index (χ0v) is 10.2. The molecule has 0 saturated heterocycles. The molecule has 1 rings (SSSR count). The zero-order valence-electron chi connectivity index (χ0n) is 8.67. The van der Waals surface area contributed by atoms with Crippen molar-refractivity contribution in [3.63, 3.8) is 0 Å². The van der Waals surface area contributed by atoms with Gasteiger partial charge in [-0.15, -0.1) is 23.4 Å².